The molecule has 0 fully saturated rings. The number of para-hydroxylation sites is 1. The number of urea groups is 1. The molecular formula is C15H9Cl2N7O4. The second kappa shape index (κ2) is 7.58. The Hall–Kier alpha value is -3.57. The largest absolute Gasteiger partial charge is 0.370 e. The number of nitro benzene ring substituents is 1. The normalized spacial score (nSPS) is 11.7. The van der Waals surface area contributed by atoms with E-state index in [4.69, 9.17) is 28.9 Å². The Morgan fingerprint density at radius 3 is 2.46 bits per heavy atom. The van der Waals surface area contributed by atoms with Crippen LogP contribution in [0.3, 0.4) is 0 Å². The van der Waals surface area contributed by atoms with Crippen LogP contribution in [0, 0.1) is 10.1 Å². The minimum Gasteiger partial charge on any atom is -0.369 e. The minimum absolute atomic E-state index is 0.0127. The second-order valence-corrected chi connectivity index (χ2v) is 6.05. The van der Waals surface area contributed by atoms with Crippen LogP contribution in [0.25, 0.3) is 11.1 Å². The van der Waals surface area contributed by atoms with Gasteiger partial charge in [-0.15, -0.1) is 0 Å². The molecule has 0 aliphatic carbocycles. The van der Waals surface area contributed by atoms with Crippen LogP contribution >= 0.6 is 23.2 Å². The van der Waals surface area contributed by atoms with Gasteiger partial charge in [0.2, 0.25) is 5.95 Å². The van der Waals surface area contributed by atoms with Gasteiger partial charge in [-0.2, -0.15) is 15.0 Å². The number of nitrogens with two attached hydrogens (primary N) is 1. The first-order valence-electron chi connectivity index (χ1n) is 7.40. The highest BCUT2D eigenvalue weighted by atomic mass is 35.5. The summed E-state index contributed by atoms with van der Waals surface area (Å²) >= 11 is 11.7. The van der Waals surface area contributed by atoms with Crippen LogP contribution in [0.2, 0.25) is 10.0 Å². The summed E-state index contributed by atoms with van der Waals surface area (Å²) in [6.45, 7) is 0. The van der Waals surface area contributed by atoms with E-state index in [0.717, 1.165) is 0 Å². The van der Waals surface area contributed by atoms with E-state index in [9.17, 15) is 19.7 Å². The van der Waals surface area contributed by atoms with Gasteiger partial charge in [0, 0.05) is 18.0 Å². The summed E-state index contributed by atoms with van der Waals surface area (Å²) in [5.41, 5.74) is 5.47. The molecule has 3 heterocycles. The van der Waals surface area contributed by atoms with Crippen LogP contribution in [-0.4, -0.2) is 25.9 Å². The second-order valence-electron chi connectivity index (χ2n) is 5.24. The maximum absolute atomic E-state index is 11.0. The number of amides is 2. The fourth-order valence-corrected chi connectivity index (χ4v) is 2.79. The summed E-state index contributed by atoms with van der Waals surface area (Å²) < 4.78 is 0. The van der Waals surface area contributed by atoms with Crippen LogP contribution in [-0.2, 0) is 0 Å². The van der Waals surface area contributed by atoms with Gasteiger partial charge in [-0.25, -0.2) is 4.79 Å². The number of nitrogen functional groups attached to an aromatic ring is 1. The van der Waals surface area contributed by atoms with E-state index in [1.165, 1.54) is 6.07 Å². The molecule has 4 rings (SSSR count). The molecule has 0 atom stereocenters. The number of H-pyrrole nitrogens is 2. The predicted molar refractivity (Wildman–Crippen MR) is 99.9 cm³/mol. The van der Waals surface area contributed by atoms with Crippen molar-refractivity contribution in [2.75, 3.05) is 5.73 Å². The van der Waals surface area contributed by atoms with Gasteiger partial charge in [0.25, 0.3) is 11.2 Å². The van der Waals surface area contributed by atoms with Crippen LogP contribution in [0.4, 0.5) is 16.4 Å². The zero-order chi connectivity index (χ0) is 20.4. The SMILES string of the molecule is Nc1nc2c(c(=O)[nH]1)=NC(=O)N=2.O=[N+]([O-])c1c(Cl)cccc1-c1c[nH]cc1Cl. The van der Waals surface area contributed by atoms with E-state index in [1.54, 1.807) is 24.5 Å². The van der Waals surface area contributed by atoms with Gasteiger partial charge in [-0.1, -0.05) is 29.3 Å². The molecule has 0 saturated heterocycles. The molecule has 28 heavy (non-hydrogen) atoms. The Morgan fingerprint density at radius 2 is 1.82 bits per heavy atom. The van der Waals surface area contributed by atoms with Gasteiger partial charge in [-0.05, 0) is 12.1 Å². The number of hydrogen-bond acceptors (Lipinski definition) is 6. The summed E-state index contributed by atoms with van der Waals surface area (Å²) in [7, 11) is 0. The number of hydrogen-bond donors (Lipinski definition) is 3. The first kappa shape index (κ1) is 19.2. The number of nitro groups is 1. The summed E-state index contributed by atoms with van der Waals surface area (Å²) in [5, 5.41) is 11.4. The van der Waals surface area contributed by atoms with E-state index < -0.39 is 16.5 Å². The van der Waals surface area contributed by atoms with Crippen molar-refractivity contribution in [3.05, 3.63) is 72.0 Å². The van der Waals surface area contributed by atoms with Crippen molar-refractivity contribution >= 4 is 40.9 Å². The van der Waals surface area contributed by atoms with E-state index in [-0.39, 0.29) is 27.5 Å². The highest BCUT2D eigenvalue weighted by Crippen LogP contribution is 2.38. The van der Waals surface area contributed by atoms with E-state index in [0.29, 0.717) is 16.1 Å². The van der Waals surface area contributed by atoms with Crippen molar-refractivity contribution < 1.29 is 9.72 Å². The van der Waals surface area contributed by atoms with E-state index in [1.807, 2.05) is 0 Å². The minimum atomic E-state index is -0.728. The average Bonchev–Trinajstić information content (AvgIpc) is 3.20. The number of nitrogens with zero attached hydrogens (tertiary/aromatic N) is 4. The molecule has 3 aromatic rings. The Labute approximate surface area is 164 Å². The lowest BCUT2D eigenvalue weighted by atomic mass is 10.1. The van der Waals surface area contributed by atoms with Crippen LogP contribution in [0.15, 0.2) is 45.4 Å². The third kappa shape index (κ3) is 3.75. The number of carbonyl (C=O) groups excluding carboxylic acids is 1. The Kier molecular flexibility index (Phi) is 5.20. The Morgan fingerprint density at radius 1 is 1.07 bits per heavy atom. The first-order chi connectivity index (χ1) is 13.3. The number of rotatable bonds is 2. The van der Waals surface area contributed by atoms with Crippen LogP contribution in [0.1, 0.15) is 0 Å². The van der Waals surface area contributed by atoms with Gasteiger partial charge in [-0.3, -0.25) is 19.9 Å². The molecule has 0 unspecified atom stereocenters. The number of fused-ring (bicyclic) bond motifs is 1. The summed E-state index contributed by atoms with van der Waals surface area (Å²) in [6.07, 6.45) is 3.16. The third-order valence-electron chi connectivity index (χ3n) is 3.46. The fraction of sp³-hybridized carbons (Fsp3) is 0. The molecule has 4 N–H and O–H groups in total. The zero-order valence-electron chi connectivity index (χ0n) is 13.6. The highest BCUT2D eigenvalue weighted by molar-refractivity contribution is 6.35. The monoisotopic (exact) mass is 421 g/mol. The average molecular weight is 422 g/mol. The van der Waals surface area contributed by atoms with Gasteiger partial charge in [0.1, 0.15) is 5.02 Å². The van der Waals surface area contributed by atoms with Crippen molar-refractivity contribution in [1.29, 1.82) is 0 Å². The third-order valence-corrected chi connectivity index (χ3v) is 4.08. The molecule has 0 radical (unpaired) electrons. The number of halogens is 2. The molecule has 0 saturated carbocycles. The Bertz CT molecular complexity index is 1280. The topological polar surface area (TPSA) is 172 Å². The molecule has 0 bridgehead atoms. The van der Waals surface area contributed by atoms with Gasteiger partial charge >= 0.3 is 6.03 Å². The molecule has 142 valence electrons. The lowest BCUT2D eigenvalue weighted by Gasteiger charge is -2.02. The van der Waals surface area contributed by atoms with Gasteiger partial charge in [0.05, 0.1) is 15.5 Å². The number of aromatic nitrogens is 3. The number of aromatic amines is 2. The zero-order valence-corrected chi connectivity index (χ0v) is 15.2. The van der Waals surface area contributed by atoms with Crippen molar-refractivity contribution in [1.82, 2.24) is 15.0 Å². The lowest BCUT2D eigenvalue weighted by molar-refractivity contribution is -0.384. The van der Waals surface area contributed by atoms with Crippen molar-refractivity contribution in [3.8, 4) is 11.1 Å². The highest BCUT2D eigenvalue weighted by Gasteiger charge is 2.21. The van der Waals surface area contributed by atoms with Crippen molar-refractivity contribution in [2.45, 2.75) is 0 Å². The molecule has 1 aliphatic heterocycles. The number of nitrogens with one attached hydrogen (secondary N) is 2. The van der Waals surface area contributed by atoms with Crippen LogP contribution in [0.5, 0.6) is 0 Å². The molecule has 2 aromatic heterocycles. The van der Waals surface area contributed by atoms with E-state index >= 15 is 0 Å². The van der Waals surface area contributed by atoms with E-state index in [2.05, 4.69) is 24.9 Å². The van der Waals surface area contributed by atoms with Gasteiger partial charge < -0.3 is 10.7 Å². The fourth-order valence-electron chi connectivity index (χ4n) is 2.33. The lowest BCUT2D eigenvalue weighted by Crippen LogP contribution is -2.41. The first-order valence-corrected chi connectivity index (χ1v) is 8.16. The molecule has 1 aliphatic rings. The molecule has 0 spiro atoms. The standard InChI is InChI=1S/C10H6Cl2N2O2.C5H3N5O2/c11-8-3-1-2-6(10(8)14(15)16)7-4-13-5-9(7)12;6-4-8-2-1(3(11)10-4)7-5(12)9-2/h1-5,13H;(H3,6,8,9,10,11,12). The molecule has 13 heteroatoms. The maximum Gasteiger partial charge on any atom is 0.370 e. The quantitative estimate of drug-likeness (QED) is 0.418. The molecular weight excluding hydrogens is 413 g/mol. The maximum atomic E-state index is 11.0. The van der Waals surface area contributed by atoms with Crippen molar-refractivity contribution in [2.24, 2.45) is 9.98 Å². The smallest absolute Gasteiger partial charge is 0.369 e. The number of carbonyl (C=O) groups is 1. The molecule has 11 nitrogen and oxygen atoms in total. The summed E-state index contributed by atoms with van der Waals surface area (Å²) in [4.78, 5) is 47.3. The number of anilines is 1. The van der Waals surface area contributed by atoms with Crippen molar-refractivity contribution in [3.63, 3.8) is 0 Å². The number of benzene rings is 1. The predicted octanol–water partition coefficient (Wildman–Crippen LogP) is 1.62. The van der Waals surface area contributed by atoms with Crippen LogP contribution < -0.4 is 22.1 Å². The Balaban J connectivity index is 0.000000167. The summed E-state index contributed by atoms with van der Waals surface area (Å²) in [6, 6.07) is 4.00. The summed E-state index contributed by atoms with van der Waals surface area (Å²) in [5.74, 6) is -0.0765. The molecule has 1 aromatic carbocycles. The molecule has 2 amide bonds. The van der Waals surface area contributed by atoms with Gasteiger partial charge in [0.15, 0.2) is 10.8 Å².